The summed E-state index contributed by atoms with van der Waals surface area (Å²) in [6.45, 7) is 6.50. The van der Waals surface area contributed by atoms with E-state index in [-0.39, 0.29) is 5.56 Å². The molecule has 0 atom stereocenters. The van der Waals surface area contributed by atoms with Crippen molar-refractivity contribution >= 4 is 11.8 Å². The SMILES string of the molecule is O=c1cc2c(nn1CCN1CCN(Cc3ccncn3)CC1)CCSC2. The molecule has 1 saturated heterocycles. The van der Waals surface area contributed by atoms with Gasteiger partial charge in [-0.15, -0.1) is 0 Å². The Morgan fingerprint density at radius 3 is 2.77 bits per heavy atom. The van der Waals surface area contributed by atoms with Gasteiger partial charge in [-0.25, -0.2) is 14.6 Å². The lowest BCUT2D eigenvalue weighted by Crippen LogP contribution is -2.47. The van der Waals surface area contributed by atoms with Gasteiger partial charge in [0.05, 0.1) is 17.9 Å². The Hall–Kier alpha value is -1.77. The molecule has 2 aromatic heterocycles. The highest BCUT2D eigenvalue weighted by molar-refractivity contribution is 7.98. The van der Waals surface area contributed by atoms with E-state index in [0.717, 1.165) is 74.1 Å². The number of piperazine rings is 1. The molecule has 26 heavy (non-hydrogen) atoms. The van der Waals surface area contributed by atoms with Gasteiger partial charge in [0, 0.05) is 63.7 Å². The molecule has 0 saturated carbocycles. The molecule has 4 rings (SSSR count). The van der Waals surface area contributed by atoms with Crippen LogP contribution in [0.25, 0.3) is 0 Å². The maximum absolute atomic E-state index is 12.3. The van der Waals surface area contributed by atoms with Crippen molar-refractivity contribution < 1.29 is 0 Å². The number of fused-ring (bicyclic) bond motifs is 1. The van der Waals surface area contributed by atoms with E-state index in [0.29, 0.717) is 6.54 Å². The average molecular weight is 372 g/mol. The zero-order chi connectivity index (χ0) is 17.8. The lowest BCUT2D eigenvalue weighted by Gasteiger charge is -2.34. The quantitative estimate of drug-likeness (QED) is 0.763. The molecule has 2 aliphatic rings. The molecular weight excluding hydrogens is 348 g/mol. The van der Waals surface area contributed by atoms with Crippen molar-refractivity contribution in [1.29, 1.82) is 0 Å². The summed E-state index contributed by atoms with van der Waals surface area (Å²) in [5, 5.41) is 4.61. The van der Waals surface area contributed by atoms with Crippen molar-refractivity contribution in [3.63, 3.8) is 0 Å². The van der Waals surface area contributed by atoms with Gasteiger partial charge in [0.1, 0.15) is 6.33 Å². The topological polar surface area (TPSA) is 67.2 Å². The number of nitrogens with zero attached hydrogens (tertiary/aromatic N) is 6. The molecule has 0 spiro atoms. The highest BCUT2D eigenvalue weighted by Gasteiger charge is 2.18. The fourth-order valence-corrected chi connectivity index (χ4v) is 4.41. The first-order valence-corrected chi connectivity index (χ1v) is 10.3. The van der Waals surface area contributed by atoms with Crippen LogP contribution in [0.2, 0.25) is 0 Å². The van der Waals surface area contributed by atoms with Crippen LogP contribution in [0.4, 0.5) is 0 Å². The molecular formula is C18H24N6OS. The van der Waals surface area contributed by atoms with Gasteiger partial charge in [0.15, 0.2) is 0 Å². The van der Waals surface area contributed by atoms with Crippen LogP contribution in [0.15, 0.2) is 29.5 Å². The Morgan fingerprint density at radius 1 is 1.12 bits per heavy atom. The second-order valence-electron chi connectivity index (χ2n) is 6.80. The minimum atomic E-state index is 0.0358. The average Bonchev–Trinajstić information content (AvgIpc) is 2.68. The molecule has 8 heteroatoms. The molecule has 0 radical (unpaired) electrons. The smallest absolute Gasteiger partial charge is 0.267 e. The van der Waals surface area contributed by atoms with Crippen LogP contribution in [-0.4, -0.2) is 68.0 Å². The Morgan fingerprint density at radius 2 is 1.96 bits per heavy atom. The maximum atomic E-state index is 12.3. The van der Waals surface area contributed by atoms with Crippen molar-refractivity contribution in [2.75, 3.05) is 38.5 Å². The van der Waals surface area contributed by atoms with E-state index in [1.165, 1.54) is 0 Å². The summed E-state index contributed by atoms with van der Waals surface area (Å²) in [5.74, 6) is 2.03. The monoisotopic (exact) mass is 372 g/mol. The second kappa shape index (κ2) is 8.28. The molecule has 0 aromatic carbocycles. The van der Waals surface area contributed by atoms with Crippen LogP contribution in [0.3, 0.4) is 0 Å². The molecule has 2 aromatic rings. The van der Waals surface area contributed by atoms with Gasteiger partial charge in [0.25, 0.3) is 5.56 Å². The normalized spacial score (nSPS) is 18.6. The van der Waals surface area contributed by atoms with Gasteiger partial charge >= 0.3 is 0 Å². The van der Waals surface area contributed by atoms with Gasteiger partial charge in [-0.05, 0) is 17.4 Å². The first-order chi connectivity index (χ1) is 12.8. The van der Waals surface area contributed by atoms with E-state index in [9.17, 15) is 4.79 Å². The predicted molar refractivity (Wildman–Crippen MR) is 102 cm³/mol. The van der Waals surface area contributed by atoms with E-state index < -0.39 is 0 Å². The van der Waals surface area contributed by atoms with Gasteiger partial charge in [-0.1, -0.05) is 0 Å². The molecule has 0 aliphatic carbocycles. The third-order valence-electron chi connectivity index (χ3n) is 5.03. The summed E-state index contributed by atoms with van der Waals surface area (Å²) in [5.41, 5.74) is 3.34. The van der Waals surface area contributed by atoms with Crippen molar-refractivity contribution in [2.24, 2.45) is 0 Å². The first kappa shape index (κ1) is 17.6. The van der Waals surface area contributed by atoms with Crippen LogP contribution in [0.1, 0.15) is 17.0 Å². The zero-order valence-corrected chi connectivity index (χ0v) is 15.7. The van der Waals surface area contributed by atoms with Crippen molar-refractivity contribution in [1.82, 2.24) is 29.5 Å². The van der Waals surface area contributed by atoms with Crippen LogP contribution in [0, 0.1) is 0 Å². The summed E-state index contributed by atoms with van der Waals surface area (Å²) in [4.78, 5) is 25.4. The largest absolute Gasteiger partial charge is 0.299 e. The lowest BCUT2D eigenvalue weighted by atomic mass is 10.2. The van der Waals surface area contributed by atoms with Crippen molar-refractivity contribution in [2.45, 2.75) is 25.3 Å². The fourth-order valence-electron chi connectivity index (χ4n) is 3.46. The minimum absolute atomic E-state index is 0.0358. The van der Waals surface area contributed by atoms with E-state index in [2.05, 4.69) is 24.9 Å². The molecule has 0 N–H and O–H groups in total. The molecule has 7 nitrogen and oxygen atoms in total. The van der Waals surface area contributed by atoms with Crippen LogP contribution >= 0.6 is 11.8 Å². The standard InChI is InChI=1S/C18H24N6OS/c25-18-11-15-13-26-10-2-17(15)21-24(18)9-8-22-4-6-23(7-5-22)12-16-1-3-19-14-20-16/h1,3,11,14H,2,4-10,12-13H2. The Bertz CT molecular complexity index is 788. The molecule has 0 amide bonds. The Labute approximate surface area is 157 Å². The molecule has 2 aliphatic heterocycles. The highest BCUT2D eigenvalue weighted by Crippen LogP contribution is 2.21. The predicted octanol–water partition coefficient (Wildman–Crippen LogP) is 0.640. The Balaban J connectivity index is 1.28. The first-order valence-electron chi connectivity index (χ1n) is 9.15. The van der Waals surface area contributed by atoms with E-state index in [1.807, 2.05) is 17.8 Å². The third-order valence-corrected chi connectivity index (χ3v) is 6.03. The summed E-state index contributed by atoms with van der Waals surface area (Å²) < 4.78 is 1.65. The van der Waals surface area contributed by atoms with Gasteiger partial charge < -0.3 is 0 Å². The van der Waals surface area contributed by atoms with Crippen LogP contribution in [-0.2, 0) is 25.3 Å². The number of rotatable bonds is 5. The summed E-state index contributed by atoms with van der Waals surface area (Å²) in [7, 11) is 0. The highest BCUT2D eigenvalue weighted by atomic mass is 32.2. The molecule has 1 fully saturated rings. The Kier molecular flexibility index (Phi) is 5.62. The zero-order valence-electron chi connectivity index (χ0n) is 14.9. The fraction of sp³-hybridized carbons (Fsp3) is 0.556. The lowest BCUT2D eigenvalue weighted by molar-refractivity contribution is 0.121. The molecule has 4 heterocycles. The van der Waals surface area contributed by atoms with E-state index in [4.69, 9.17) is 0 Å². The second-order valence-corrected chi connectivity index (χ2v) is 7.90. The van der Waals surface area contributed by atoms with Crippen LogP contribution in [0.5, 0.6) is 0 Å². The summed E-state index contributed by atoms with van der Waals surface area (Å²) in [6.07, 6.45) is 4.37. The van der Waals surface area contributed by atoms with E-state index in [1.54, 1.807) is 23.3 Å². The number of hydrogen-bond acceptors (Lipinski definition) is 7. The van der Waals surface area contributed by atoms with E-state index >= 15 is 0 Å². The molecule has 0 unspecified atom stereocenters. The minimum Gasteiger partial charge on any atom is -0.299 e. The molecule has 138 valence electrons. The van der Waals surface area contributed by atoms with Crippen molar-refractivity contribution in [3.05, 3.63) is 52.0 Å². The maximum Gasteiger partial charge on any atom is 0.267 e. The van der Waals surface area contributed by atoms with Crippen LogP contribution < -0.4 is 5.56 Å². The van der Waals surface area contributed by atoms with Crippen molar-refractivity contribution in [3.8, 4) is 0 Å². The summed E-state index contributed by atoms with van der Waals surface area (Å²) >= 11 is 1.88. The number of thioether (sulfide) groups is 1. The van der Waals surface area contributed by atoms with Gasteiger partial charge in [-0.3, -0.25) is 14.6 Å². The number of aryl methyl sites for hydroxylation is 1. The number of hydrogen-bond donors (Lipinski definition) is 0. The van der Waals surface area contributed by atoms with Gasteiger partial charge in [-0.2, -0.15) is 16.9 Å². The van der Waals surface area contributed by atoms with Gasteiger partial charge in [0.2, 0.25) is 0 Å². The molecule has 0 bridgehead atoms. The number of aromatic nitrogens is 4. The third kappa shape index (κ3) is 4.31. The summed E-state index contributed by atoms with van der Waals surface area (Å²) in [6, 6.07) is 3.76.